The van der Waals surface area contributed by atoms with Crippen LogP contribution in [0.4, 0.5) is 0 Å². The topological polar surface area (TPSA) is 59.2 Å². The van der Waals surface area contributed by atoms with E-state index in [1.165, 1.54) is 24.8 Å². The Bertz CT molecular complexity index is 1100. The lowest BCUT2D eigenvalue weighted by Gasteiger charge is -2.61. The SMILES string of the molecule is Cc1noc2nc(C3CC3)cc(C(=O)N3CC4CCCCC43c3ccccc3)c12. The predicted octanol–water partition coefficient (Wildman–Crippen LogP) is 4.95. The molecule has 0 N–H and O–H groups in total. The summed E-state index contributed by atoms with van der Waals surface area (Å²) in [6.07, 6.45) is 6.94. The van der Waals surface area contributed by atoms with Crippen LogP contribution in [0.5, 0.6) is 0 Å². The van der Waals surface area contributed by atoms with E-state index < -0.39 is 0 Å². The molecular weight excluding hydrogens is 362 g/mol. The summed E-state index contributed by atoms with van der Waals surface area (Å²) < 4.78 is 5.47. The van der Waals surface area contributed by atoms with E-state index in [0.29, 0.717) is 17.5 Å². The summed E-state index contributed by atoms with van der Waals surface area (Å²) >= 11 is 0. The Morgan fingerprint density at radius 1 is 1.17 bits per heavy atom. The second kappa shape index (κ2) is 6.15. The zero-order valence-corrected chi connectivity index (χ0v) is 16.7. The van der Waals surface area contributed by atoms with Crippen LogP contribution in [0, 0.1) is 12.8 Å². The van der Waals surface area contributed by atoms with Crippen molar-refractivity contribution in [3.63, 3.8) is 0 Å². The van der Waals surface area contributed by atoms with Crippen LogP contribution in [0.3, 0.4) is 0 Å². The lowest BCUT2D eigenvalue weighted by Crippen LogP contribution is -2.67. The Labute approximate surface area is 170 Å². The molecule has 1 aromatic carbocycles. The summed E-state index contributed by atoms with van der Waals surface area (Å²) in [4.78, 5) is 20.7. The van der Waals surface area contributed by atoms with Crippen molar-refractivity contribution in [3.05, 3.63) is 58.9 Å². The molecule has 2 aromatic heterocycles. The maximum absolute atomic E-state index is 13.9. The van der Waals surface area contributed by atoms with Gasteiger partial charge >= 0.3 is 0 Å². The monoisotopic (exact) mass is 387 g/mol. The minimum absolute atomic E-state index is 0.104. The molecule has 1 saturated heterocycles. The number of aryl methyl sites for hydroxylation is 1. The molecule has 3 aliphatic rings. The predicted molar refractivity (Wildman–Crippen MR) is 110 cm³/mol. The Kier molecular flexibility index (Phi) is 3.65. The lowest BCUT2D eigenvalue weighted by atomic mass is 9.61. The van der Waals surface area contributed by atoms with Crippen molar-refractivity contribution in [1.29, 1.82) is 0 Å². The third-order valence-electron chi connectivity index (χ3n) is 7.30. The van der Waals surface area contributed by atoms with Crippen LogP contribution in [0.1, 0.15) is 71.8 Å². The number of rotatable bonds is 3. The van der Waals surface area contributed by atoms with Gasteiger partial charge in [0.2, 0.25) is 0 Å². The van der Waals surface area contributed by atoms with Crippen molar-refractivity contribution in [2.24, 2.45) is 5.92 Å². The number of fused-ring (bicyclic) bond motifs is 2. The number of likely N-dealkylation sites (tertiary alicyclic amines) is 1. The summed E-state index contributed by atoms with van der Waals surface area (Å²) in [6, 6.07) is 12.6. The van der Waals surface area contributed by atoms with Gasteiger partial charge in [-0.2, -0.15) is 0 Å². The van der Waals surface area contributed by atoms with Gasteiger partial charge in [0.05, 0.1) is 22.2 Å². The van der Waals surface area contributed by atoms with Gasteiger partial charge in [0.25, 0.3) is 11.6 Å². The van der Waals surface area contributed by atoms with Crippen molar-refractivity contribution in [2.45, 2.75) is 56.9 Å². The highest BCUT2D eigenvalue weighted by atomic mass is 16.5. The van der Waals surface area contributed by atoms with Gasteiger partial charge in [-0.25, -0.2) is 4.98 Å². The fourth-order valence-electron chi connectivity index (χ4n) is 5.64. The zero-order chi connectivity index (χ0) is 19.6. The molecule has 5 nitrogen and oxygen atoms in total. The molecule has 3 aromatic rings. The molecule has 2 atom stereocenters. The number of carbonyl (C=O) groups excluding carboxylic acids is 1. The van der Waals surface area contributed by atoms with Crippen LogP contribution in [-0.2, 0) is 5.54 Å². The van der Waals surface area contributed by atoms with E-state index in [-0.39, 0.29) is 11.4 Å². The molecular formula is C24H25N3O2. The normalized spacial score (nSPS) is 26.2. The molecule has 2 saturated carbocycles. The van der Waals surface area contributed by atoms with E-state index in [1.807, 2.05) is 13.0 Å². The molecule has 0 spiro atoms. The summed E-state index contributed by atoms with van der Waals surface area (Å²) in [5.74, 6) is 1.11. The van der Waals surface area contributed by atoms with E-state index in [4.69, 9.17) is 4.52 Å². The van der Waals surface area contributed by atoms with Gasteiger partial charge in [0, 0.05) is 24.1 Å². The Morgan fingerprint density at radius 3 is 2.76 bits per heavy atom. The van der Waals surface area contributed by atoms with Crippen molar-refractivity contribution in [1.82, 2.24) is 15.0 Å². The summed E-state index contributed by atoms with van der Waals surface area (Å²) in [5, 5.41) is 4.89. The molecule has 3 heterocycles. The number of nitrogens with zero attached hydrogens (tertiary/aromatic N) is 3. The number of benzene rings is 1. The molecule has 2 aliphatic carbocycles. The van der Waals surface area contributed by atoms with Gasteiger partial charge in [0.1, 0.15) is 0 Å². The summed E-state index contributed by atoms with van der Waals surface area (Å²) in [5.41, 5.74) is 4.05. The van der Waals surface area contributed by atoms with E-state index in [9.17, 15) is 4.79 Å². The molecule has 1 amide bonds. The maximum atomic E-state index is 13.9. The third kappa shape index (κ3) is 2.42. The Morgan fingerprint density at radius 2 is 2.00 bits per heavy atom. The van der Waals surface area contributed by atoms with Crippen LogP contribution >= 0.6 is 0 Å². The van der Waals surface area contributed by atoms with Gasteiger partial charge in [-0.15, -0.1) is 0 Å². The Balaban J connectivity index is 1.47. The first-order chi connectivity index (χ1) is 14.2. The van der Waals surface area contributed by atoms with Crippen LogP contribution < -0.4 is 0 Å². The fourth-order valence-corrected chi connectivity index (χ4v) is 5.64. The van der Waals surface area contributed by atoms with Crippen LogP contribution in [0.2, 0.25) is 0 Å². The van der Waals surface area contributed by atoms with Crippen molar-refractivity contribution >= 4 is 17.0 Å². The molecule has 5 heteroatoms. The van der Waals surface area contributed by atoms with Crippen LogP contribution in [-0.4, -0.2) is 27.5 Å². The first-order valence-corrected chi connectivity index (χ1v) is 10.8. The molecule has 29 heavy (non-hydrogen) atoms. The molecule has 2 unspecified atom stereocenters. The van der Waals surface area contributed by atoms with Gasteiger partial charge < -0.3 is 9.42 Å². The average Bonchev–Trinajstić information content (AvgIpc) is 3.52. The van der Waals surface area contributed by atoms with E-state index >= 15 is 0 Å². The van der Waals surface area contributed by atoms with Crippen molar-refractivity contribution < 1.29 is 9.32 Å². The summed E-state index contributed by atoms with van der Waals surface area (Å²) in [6.45, 7) is 2.73. The van der Waals surface area contributed by atoms with Gasteiger partial charge in [-0.05, 0) is 44.2 Å². The quantitative estimate of drug-likeness (QED) is 0.638. The number of hydrogen-bond donors (Lipinski definition) is 0. The van der Waals surface area contributed by atoms with E-state index in [0.717, 1.165) is 48.1 Å². The first-order valence-electron chi connectivity index (χ1n) is 10.8. The van der Waals surface area contributed by atoms with Crippen molar-refractivity contribution in [2.75, 3.05) is 6.54 Å². The number of hydrogen-bond acceptors (Lipinski definition) is 4. The van der Waals surface area contributed by atoms with E-state index in [2.05, 4.69) is 45.4 Å². The van der Waals surface area contributed by atoms with Crippen molar-refractivity contribution in [3.8, 4) is 0 Å². The molecule has 0 bridgehead atoms. The fraction of sp³-hybridized carbons (Fsp3) is 0.458. The smallest absolute Gasteiger partial charge is 0.259 e. The van der Waals surface area contributed by atoms with Gasteiger partial charge in [-0.1, -0.05) is 48.3 Å². The standard InChI is InChI=1S/C24H25N3O2/c1-15-21-19(13-20(16-10-11-16)25-22(21)29-26-15)23(28)27-14-18-9-5-6-12-24(18,27)17-7-3-2-4-8-17/h2-4,7-8,13,16,18H,5-6,9-12,14H2,1H3. The average molecular weight is 387 g/mol. The van der Waals surface area contributed by atoms with Crippen LogP contribution in [0.25, 0.3) is 11.1 Å². The maximum Gasteiger partial charge on any atom is 0.259 e. The second-order valence-corrected chi connectivity index (χ2v) is 8.97. The van der Waals surface area contributed by atoms with E-state index in [1.54, 1.807) is 0 Å². The van der Waals surface area contributed by atoms with Gasteiger partial charge in [-0.3, -0.25) is 4.79 Å². The second-order valence-electron chi connectivity index (χ2n) is 8.97. The number of pyridine rings is 1. The molecule has 6 rings (SSSR count). The highest BCUT2D eigenvalue weighted by Gasteiger charge is 2.57. The Hall–Kier alpha value is -2.69. The molecule has 1 aliphatic heterocycles. The number of carbonyl (C=O) groups is 1. The molecule has 3 fully saturated rings. The third-order valence-corrected chi connectivity index (χ3v) is 7.30. The molecule has 0 radical (unpaired) electrons. The van der Waals surface area contributed by atoms with Gasteiger partial charge in [0.15, 0.2) is 0 Å². The summed E-state index contributed by atoms with van der Waals surface area (Å²) in [7, 11) is 0. The molecule has 148 valence electrons. The van der Waals surface area contributed by atoms with Crippen LogP contribution in [0.15, 0.2) is 40.9 Å². The number of amides is 1. The number of aromatic nitrogens is 2. The first kappa shape index (κ1) is 17.2. The minimum atomic E-state index is -0.170. The largest absolute Gasteiger partial charge is 0.336 e. The highest BCUT2D eigenvalue weighted by Crippen LogP contribution is 2.54. The zero-order valence-electron chi connectivity index (χ0n) is 16.7. The highest BCUT2D eigenvalue weighted by molar-refractivity contribution is 6.06. The lowest BCUT2D eigenvalue weighted by molar-refractivity contribution is -0.0868. The minimum Gasteiger partial charge on any atom is -0.336 e.